The highest BCUT2D eigenvalue weighted by Crippen LogP contribution is 2.34. The minimum atomic E-state index is -4.59. The van der Waals surface area contributed by atoms with Crippen LogP contribution in [0, 0.1) is 0 Å². The van der Waals surface area contributed by atoms with Crippen molar-refractivity contribution in [1.82, 2.24) is 15.1 Å². The summed E-state index contributed by atoms with van der Waals surface area (Å²) >= 11 is 0. The zero-order chi connectivity index (χ0) is 29.9. The van der Waals surface area contributed by atoms with E-state index < -0.39 is 60.1 Å². The predicted octanol–water partition coefficient (Wildman–Crippen LogP) is 2.93. The van der Waals surface area contributed by atoms with Gasteiger partial charge in [0.1, 0.15) is 18.4 Å². The molecule has 218 valence electrons. The average Bonchev–Trinajstić information content (AvgIpc) is 3.35. The van der Waals surface area contributed by atoms with Crippen molar-refractivity contribution in [2.45, 2.75) is 37.5 Å². The van der Waals surface area contributed by atoms with Gasteiger partial charge in [0.05, 0.1) is 18.0 Å². The number of carbonyl (C=O) groups excluding carboxylic acids is 4. The molecule has 5 rings (SSSR count). The molecule has 0 saturated carbocycles. The summed E-state index contributed by atoms with van der Waals surface area (Å²) in [6, 6.07) is 19.9. The normalized spacial score (nSPS) is 19.5. The Morgan fingerprint density at radius 2 is 1.57 bits per heavy atom. The van der Waals surface area contributed by atoms with E-state index in [-0.39, 0.29) is 25.3 Å². The molecule has 2 aliphatic rings. The molecule has 3 atom stereocenters. The Hall–Kier alpha value is -4.87. The molecule has 3 aromatic carbocycles. The summed E-state index contributed by atoms with van der Waals surface area (Å²) in [6.45, 7) is -0.601. The third-order valence-corrected chi connectivity index (χ3v) is 7.00. The third kappa shape index (κ3) is 6.22. The van der Waals surface area contributed by atoms with Crippen molar-refractivity contribution >= 4 is 23.7 Å². The minimum absolute atomic E-state index is 0.0923. The maximum Gasteiger partial charge on any atom is 0.416 e. The Morgan fingerprint density at radius 3 is 2.26 bits per heavy atom. The van der Waals surface area contributed by atoms with Crippen LogP contribution in [0.5, 0.6) is 5.75 Å². The molecule has 2 heterocycles. The van der Waals surface area contributed by atoms with Crippen LogP contribution >= 0.6 is 0 Å². The summed E-state index contributed by atoms with van der Waals surface area (Å²) in [7, 11) is 0. The van der Waals surface area contributed by atoms with Gasteiger partial charge in [-0.3, -0.25) is 14.4 Å². The maximum atomic E-state index is 13.4. The molecule has 2 fully saturated rings. The van der Waals surface area contributed by atoms with E-state index in [0.717, 1.165) is 17.0 Å². The van der Waals surface area contributed by atoms with E-state index in [9.17, 15) is 32.3 Å². The van der Waals surface area contributed by atoms with E-state index in [0.29, 0.717) is 11.3 Å². The zero-order valence-electron chi connectivity index (χ0n) is 22.1. The van der Waals surface area contributed by atoms with Gasteiger partial charge < -0.3 is 24.6 Å². The highest BCUT2D eigenvalue weighted by Gasteiger charge is 2.61. The number of halogens is 3. The molecule has 1 N–H and O–H groups in total. The molecule has 9 nitrogen and oxygen atoms in total. The van der Waals surface area contributed by atoms with Gasteiger partial charge in [-0.2, -0.15) is 13.2 Å². The molecule has 2 aliphatic heterocycles. The van der Waals surface area contributed by atoms with Crippen LogP contribution in [-0.4, -0.2) is 64.9 Å². The maximum absolute atomic E-state index is 13.4. The van der Waals surface area contributed by atoms with Crippen LogP contribution in [0.2, 0.25) is 0 Å². The Bertz CT molecular complexity index is 1470. The first-order chi connectivity index (χ1) is 20.1. The third-order valence-electron chi connectivity index (χ3n) is 7.00. The fourth-order valence-corrected chi connectivity index (χ4v) is 4.97. The van der Waals surface area contributed by atoms with E-state index in [2.05, 4.69) is 5.32 Å². The number of carbonyl (C=O) groups is 4. The number of ether oxygens (including phenoxy) is 2. The predicted molar refractivity (Wildman–Crippen MR) is 141 cm³/mol. The first kappa shape index (κ1) is 28.7. The van der Waals surface area contributed by atoms with Crippen molar-refractivity contribution in [2.24, 2.45) is 0 Å². The molecular formula is C30H26F3N3O6. The van der Waals surface area contributed by atoms with Gasteiger partial charge in [-0.1, -0.05) is 66.7 Å². The Kier molecular flexibility index (Phi) is 8.14. The average molecular weight is 582 g/mol. The molecule has 12 heteroatoms. The van der Waals surface area contributed by atoms with Crippen LogP contribution in [0.3, 0.4) is 0 Å². The number of para-hydroxylation sites is 1. The van der Waals surface area contributed by atoms with Gasteiger partial charge in [0.2, 0.25) is 18.0 Å². The lowest BCUT2D eigenvalue weighted by Gasteiger charge is -2.43. The molecule has 2 unspecified atom stereocenters. The second-order valence-electron chi connectivity index (χ2n) is 9.85. The molecule has 3 aromatic rings. The van der Waals surface area contributed by atoms with Crippen molar-refractivity contribution in [2.75, 3.05) is 13.2 Å². The Morgan fingerprint density at radius 1 is 0.905 bits per heavy atom. The number of esters is 1. The van der Waals surface area contributed by atoms with Crippen molar-refractivity contribution in [3.63, 3.8) is 0 Å². The van der Waals surface area contributed by atoms with Gasteiger partial charge in [-0.05, 0) is 29.3 Å². The van der Waals surface area contributed by atoms with Crippen LogP contribution in [0.4, 0.5) is 13.2 Å². The van der Waals surface area contributed by atoms with Crippen LogP contribution in [0.25, 0.3) is 0 Å². The van der Waals surface area contributed by atoms with E-state index in [4.69, 9.17) is 9.47 Å². The number of hydrogen-bond acceptors (Lipinski definition) is 6. The fraction of sp³-hybridized carbons (Fsp3) is 0.267. The molecule has 0 bridgehead atoms. The summed E-state index contributed by atoms with van der Waals surface area (Å²) in [5.74, 6) is -2.25. The highest BCUT2D eigenvalue weighted by atomic mass is 19.4. The van der Waals surface area contributed by atoms with E-state index in [1.165, 1.54) is 17.0 Å². The molecule has 0 aromatic heterocycles. The number of nitrogens with zero attached hydrogens (tertiary/aromatic N) is 2. The molecule has 0 aliphatic carbocycles. The molecule has 2 saturated heterocycles. The molecule has 42 heavy (non-hydrogen) atoms. The lowest BCUT2D eigenvalue weighted by Crippen LogP contribution is -2.71. The SMILES string of the molecule is O=C(COc1ccccc1)N[C@H]1C(=O)N2C1CN(C(=O)Cc1cccc(C(F)(F)F)c1)C2C(=O)OCc1ccccc1. The van der Waals surface area contributed by atoms with Gasteiger partial charge in [-0.25, -0.2) is 4.79 Å². The molecular weight excluding hydrogens is 555 g/mol. The number of rotatable bonds is 9. The number of hydrogen-bond donors (Lipinski definition) is 1. The first-order valence-electron chi connectivity index (χ1n) is 13.1. The summed E-state index contributed by atoms with van der Waals surface area (Å²) in [5, 5.41) is 2.59. The number of alkyl halides is 3. The first-order valence-corrected chi connectivity index (χ1v) is 13.1. The second-order valence-corrected chi connectivity index (χ2v) is 9.85. The van der Waals surface area contributed by atoms with Crippen LogP contribution < -0.4 is 10.1 Å². The summed E-state index contributed by atoms with van der Waals surface area (Å²) in [4.78, 5) is 54.5. The molecule has 0 radical (unpaired) electrons. The van der Waals surface area contributed by atoms with Gasteiger partial charge in [0.25, 0.3) is 5.91 Å². The van der Waals surface area contributed by atoms with Crippen LogP contribution in [-0.2, 0) is 43.1 Å². The fourth-order valence-electron chi connectivity index (χ4n) is 4.97. The number of amides is 3. The zero-order valence-corrected chi connectivity index (χ0v) is 22.1. The lowest BCUT2D eigenvalue weighted by molar-refractivity contribution is -0.170. The quantitative estimate of drug-likeness (QED) is 0.308. The van der Waals surface area contributed by atoms with Gasteiger partial charge in [-0.15, -0.1) is 0 Å². The van der Waals surface area contributed by atoms with E-state index in [1.807, 2.05) is 0 Å². The number of benzene rings is 3. The Balaban J connectivity index is 1.30. The van der Waals surface area contributed by atoms with Crippen molar-refractivity contribution in [3.05, 3.63) is 102 Å². The summed E-state index contributed by atoms with van der Waals surface area (Å²) in [5.41, 5.74) is -0.136. The number of nitrogens with one attached hydrogen (secondary N) is 1. The van der Waals surface area contributed by atoms with Gasteiger partial charge in [0.15, 0.2) is 6.61 Å². The summed E-state index contributed by atoms with van der Waals surface area (Å²) in [6.07, 6.45) is -6.47. The monoisotopic (exact) mass is 581 g/mol. The van der Waals surface area contributed by atoms with Gasteiger partial charge >= 0.3 is 12.1 Å². The van der Waals surface area contributed by atoms with Crippen molar-refractivity contribution in [1.29, 1.82) is 0 Å². The topological polar surface area (TPSA) is 105 Å². The lowest BCUT2D eigenvalue weighted by atomic mass is 9.96. The molecule has 0 spiro atoms. The smallest absolute Gasteiger partial charge is 0.416 e. The van der Waals surface area contributed by atoms with Crippen LogP contribution in [0.1, 0.15) is 16.7 Å². The van der Waals surface area contributed by atoms with Crippen molar-refractivity contribution < 1.29 is 41.8 Å². The second kappa shape index (κ2) is 11.9. The van der Waals surface area contributed by atoms with Crippen molar-refractivity contribution in [3.8, 4) is 5.75 Å². The summed E-state index contributed by atoms with van der Waals surface area (Å²) < 4.78 is 50.5. The number of fused-ring (bicyclic) bond motifs is 1. The largest absolute Gasteiger partial charge is 0.484 e. The van der Waals surface area contributed by atoms with E-state index >= 15 is 0 Å². The number of β-lactam (4-membered cyclic amide) rings is 1. The molecule has 3 amide bonds. The van der Waals surface area contributed by atoms with E-state index in [1.54, 1.807) is 60.7 Å². The highest BCUT2D eigenvalue weighted by molar-refractivity contribution is 5.99. The Labute approximate surface area is 238 Å². The van der Waals surface area contributed by atoms with Crippen LogP contribution in [0.15, 0.2) is 84.9 Å². The minimum Gasteiger partial charge on any atom is -0.484 e. The van der Waals surface area contributed by atoms with Gasteiger partial charge in [0, 0.05) is 6.54 Å². The standard InChI is InChI=1S/C30H26F3N3O6/c31-30(32,33)21-11-7-10-20(14-21)15-25(38)35-16-23-26(34-24(37)18-41-22-12-5-2-6-13-22)28(39)36(23)27(35)29(40)42-17-19-8-3-1-4-9-19/h1-14,23,26-27H,15-18H2,(H,34,37)/t23?,26-,27?/m1/s1.